The zero-order chi connectivity index (χ0) is 13.8. The number of carboxylic acid groups (broad SMARTS) is 1. The summed E-state index contributed by atoms with van der Waals surface area (Å²) in [5.41, 5.74) is 0.578. The van der Waals surface area contributed by atoms with Gasteiger partial charge >= 0.3 is 5.97 Å². The molecule has 0 spiro atoms. The number of hydrogen-bond acceptors (Lipinski definition) is 5. The molecule has 0 aliphatic rings. The maximum atomic E-state index is 11.0. The molecule has 2 aromatic rings. The van der Waals surface area contributed by atoms with E-state index < -0.39 is 5.97 Å². The largest absolute Gasteiger partial charge is 0.475 e. The van der Waals surface area contributed by atoms with Crippen molar-refractivity contribution in [3.05, 3.63) is 30.1 Å². The van der Waals surface area contributed by atoms with Crippen LogP contribution in [0, 0.1) is 11.3 Å². The van der Waals surface area contributed by atoms with Crippen molar-refractivity contribution >= 4 is 22.7 Å². The van der Waals surface area contributed by atoms with Crippen LogP contribution in [0.4, 0.5) is 5.82 Å². The van der Waals surface area contributed by atoms with Crippen LogP contribution in [0.2, 0.25) is 0 Å². The lowest BCUT2D eigenvalue weighted by Crippen LogP contribution is -2.21. The Morgan fingerprint density at radius 1 is 1.42 bits per heavy atom. The molecule has 1 aromatic carbocycles. The zero-order valence-corrected chi connectivity index (χ0v) is 10.4. The summed E-state index contributed by atoms with van der Waals surface area (Å²) in [6.07, 6.45) is 0.344. The predicted octanol–water partition coefficient (Wildman–Crippen LogP) is 1.68. The Morgan fingerprint density at radius 2 is 2.16 bits per heavy atom. The molecule has 1 aromatic heterocycles. The Balaban J connectivity index is 2.56. The Morgan fingerprint density at radius 3 is 2.84 bits per heavy atom. The fourth-order valence-corrected chi connectivity index (χ4v) is 1.77. The van der Waals surface area contributed by atoms with Crippen molar-refractivity contribution < 1.29 is 9.90 Å². The molecule has 0 saturated heterocycles. The number of hydrogen-bond donors (Lipinski definition) is 1. The minimum absolute atomic E-state index is 0.238. The number of anilines is 1. The van der Waals surface area contributed by atoms with E-state index in [4.69, 9.17) is 10.4 Å². The highest BCUT2D eigenvalue weighted by atomic mass is 16.4. The fourth-order valence-electron chi connectivity index (χ4n) is 1.77. The summed E-state index contributed by atoms with van der Waals surface area (Å²) in [6, 6.07) is 9.26. The first-order valence-electron chi connectivity index (χ1n) is 5.71. The molecule has 0 fully saturated rings. The Bertz CT molecular complexity index is 663. The van der Waals surface area contributed by atoms with Crippen molar-refractivity contribution in [1.82, 2.24) is 9.97 Å². The second kappa shape index (κ2) is 5.31. The van der Waals surface area contributed by atoms with Crippen LogP contribution in [0.1, 0.15) is 17.0 Å². The lowest BCUT2D eigenvalue weighted by molar-refractivity contribution is 0.0684. The summed E-state index contributed by atoms with van der Waals surface area (Å²) < 4.78 is 0. The van der Waals surface area contributed by atoms with Gasteiger partial charge in [-0.25, -0.2) is 14.8 Å². The first-order valence-corrected chi connectivity index (χ1v) is 5.71. The highest BCUT2D eigenvalue weighted by Crippen LogP contribution is 2.23. The SMILES string of the molecule is CN(CCC#N)c1nc(C(=O)O)nc2ccccc12. The van der Waals surface area contributed by atoms with E-state index in [2.05, 4.69) is 16.0 Å². The average molecular weight is 256 g/mol. The van der Waals surface area contributed by atoms with E-state index >= 15 is 0 Å². The molecule has 0 atom stereocenters. The molecule has 0 bridgehead atoms. The van der Waals surface area contributed by atoms with Gasteiger partial charge in [-0.05, 0) is 12.1 Å². The van der Waals surface area contributed by atoms with E-state index in [9.17, 15) is 4.79 Å². The maximum absolute atomic E-state index is 11.0. The number of carboxylic acids is 1. The Labute approximate surface area is 109 Å². The van der Waals surface area contributed by atoms with E-state index in [0.29, 0.717) is 24.3 Å². The van der Waals surface area contributed by atoms with Gasteiger partial charge in [0.15, 0.2) is 0 Å². The molecule has 0 saturated carbocycles. The summed E-state index contributed by atoms with van der Waals surface area (Å²) >= 11 is 0. The Kier molecular flexibility index (Phi) is 3.57. The summed E-state index contributed by atoms with van der Waals surface area (Å²) in [4.78, 5) is 20.9. The monoisotopic (exact) mass is 256 g/mol. The number of carbonyl (C=O) groups is 1. The third-order valence-corrected chi connectivity index (χ3v) is 2.69. The summed E-state index contributed by atoms with van der Waals surface area (Å²) in [5.74, 6) is -0.878. The summed E-state index contributed by atoms with van der Waals surface area (Å²) in [7, 11) is 1.78. The molecule has 0 amide bonds. The molecular weight excluding hydrogens is 244 g/mol. The van der Waals surface area contributed by atoms with Crippen LogP contribution in [0.3, 0.4) is 0 Å². The number of aromatic carboxylic acids is 1. The number of para-hydroxylation sites is 1. The molecule has 0 aliphatic heterocycles. The normalized spacial score (nSPS) is 10.1. The van der Waals surface area contributed by atoms with E-state index in [-0.39, 0.29) is 5.82 Å². The molecule has 0 radical (unpaired) electrons. The van der Waals surface area contributed by atoms with Crippen molar-refractivity contribution in [2.75, 3.05) is 18.5 Å². The smallest absolute Gasteiger partial charge is 0.374 e. The average Bonchev–Trinajstić information content (AvgIpc) is 2.43. The number of rotatable bonds is 4. The van der Waals surface area contributed by atoms with Crippen LogP contribution < -0.4 is 4.90 Å². The predicted molar refractivity (Wildman–Crippen MR) is 70.0 cm³/mol. The molecule has 0 aliphatic carbocycles. The van der Waals surface area contributed by atoms with Crippen LogP contribution in [0.15, 0.2) is 24.3 Å². The topological polar surface area (TPSA) is 90.1 Å². The van der Waals surface area contributed by atoms with Gasteiger partial charge in [0.2, 0.25) is 5.82 Å². The van der Waals surface area contributed by atoms with Gasteiger partial charge in [0, 0.05) is 19.0 Å². The van der Waals surface area contributed by atoms with Crippen LogP contribution >= 0.6 is 0 Å². The fraction of sp³-hybridized carbons (Fsp3) is 0.231. The lowest BCUT2D eigenvalue weighted by atomic mass is 10.2. The highest BCUT2D eigenvalue weighted by Gasteiger charge is 2.14. The second-order valence-corrected chi connectivity index (χ2v) is 4.02. The molecule has 1 heterocycles. The Hall–Kier alpha value is -2.68. The van der Waals surface area contributed by atoms with Crippen LogP contribution in [0.25, 0.3) is 10.9 Å². The summed E-state index contributed by atoms with van der Waals surface area (Å²) in [6.45, 7) is 0.483. The van der Waals surface area contributed by atoms with E-state index in [0.717, 1.165) is 5.39 Å². The molecular formula is C13H12N4O2. The van der Waals surface area contributed by atoms with Gasteiger partial charge in [-0.3, -0.25) is 0 Å². The van der Waals surface area contributed by atoms with Crippen molar-refractivity contribution in [2.24, 2.45) is 0 Å². The van der Waals surface area contributed by atoms with Crippen molar-refractivity contribution in [2.45, 2.75) is 6.42 Å². The molecule has 19 heavy (non-hydrogen) atoms. The van der Waals surface area contributed by atoms with Crippen molar-refractivity contribution in [1.29, 1.82) is 5.26 Å². The maximum Gasteiger partial charge on any atom is 0.374 e. The van der Waals surface area contributed by atoms with Gasteiger partial charge in [-0.15, -0.1) is 0 Å². The first kappa shape index (κ1) is 12.8. The van der Waals surface area contributed by atoms with Crippen LogP contribution in [-0.2, 0) is 0 Å². The van der Waals surface area contributed by atoms with Gasteiger partial charge in [0.1, 0.15) is 5.82 Å². The molecule has 1 N–H and O–H groups in total. The highest BCUT2D eigenvalue weighted by molar-refractivity contribution is 5.93. The molecule has 96 valence electrons. The molecule has 0 unspecified atom stereocenters. The third-order valence-electron chi connectivity index (χ3n) is 2.69. The number of fused-ring (bicyclic) bond motifs is 1. The number of nitrogens with zero attached hydrogens (tertiary/aromatic N) is 4. The minimum Gasteiger partial charge on any atom is -0.475 e. The number of nitriles is 1. The van der Waals surface area contributed by atoms with Gasteiger partial charge in [-0.1, -0.05) is 12.1 Å². The van der Waals surface area contributed by atoms with Gasteiger partial charge in [0.25, 0.3) is 0 Å². The van der Waals surface area contributed by atoms with Crippen molar-refractivity contribution in [3.8, 4) is 6.07 Å². The van der Waals surface area contributed by atoms with Crippen LogP contribution in [0.5, 0.6) is 0 Å². The zero-order valence-electron chi connectivity index (χ0n) is 10.4. The van der Waals surface area contributed by atoms with Gasteiger partial charge < -0.3 is 10.0 Å². The third kappa shape index (κ3) is 2.60. The number of benzene rings is 1. The van der Waals surface area contributed by atoms with Gasteiger partial charge in [-0.2, -0.15) is 5.26 Å². The standard InChI is InChI=1S/C13H12N4O2/c1-17(8-4-7-14)12-9-5-2-3-6-10(9)15-11(16-12)13(18)19/h2-3,5-6H,4,8H2,1H3,(H,18,19). The lowest BCUT2D eigenvalue weighted by Gasteiger charge is -2.18. The first-order chi connectivity index (χ1) is 9.13. The molecule has 2 rings (SSSR count). The van der Waals surface area contributed by atoms with E-state index in [1.54, 1.807) is 24.1 Å². The molecule has 6 nitrogen and oxygen atoms in total. The van der Waals surface area contributed by atoms with E-state index in [1.807, 2.05) is 12.1 Å². The van der Waals surface area contributed by atoms with E-state index in [1.165, 1.54) is 0 Å². The van der Waals surface area contributed by atoms with Crippen molar-refractivity contribution in [3.63, 3.8) is 0 Å². The molecule has 6 heteroatoms. The minimum atomic E-state index is -1.17. The quantitative estimate of drug-likeness (QED) is 0.895. The van der Waals surface area contributed by atoms with Crippen LogP contribution in [-0.4, -0.2) is 34.6 Å². The summed E-state index contributed by atoms with van der Waals surface area (Å²) in [5, 5.41) is 18.4. The number of aromatic nitrogens is 2. The second-order valence-electron chi connectivity index (χ2n) is 4.02. The van der Waals surface area contributed by atoms with Gasteiger partial charge in [0.05, 0.1) is 18.0 Å².